The molecule has 2 aliphatic rings. The molecular weight excluding hydrogens is 228 g/mol. The Bertz CT molecular complexity index is 431. The van der Waals surface area contributed by atoms with Crippen molar-refractivity contribution in [2.24, 2.45) is 5.92 Å². The van der Waals surface area contributed by atoms with Crippen molar-refractivity contribution in [1.29, 1.82) is 0 Å². The number of aliphatic hydroxyl groups is 1. The summed E-state index contributed by atoms with van der Waals surface area (Å²) in [5, 5.41) is 9.97. The number of allylic oxidation sites excluding steroid dienone is 1. The maximum atomic E-state index is 11.7. The van der Waals surface area contributed by atoms with E-state index in [0.29, 0.717) is 18.4 Å². The van der Waals surface area contributed by atoms with Crippen molar-refractivity contribution in [2.75, 3.05) is 0 Å². The Morgan fingerprint density at radius 3 is 2.94 bits per heavy atom. The summed E-state index contributed by atoms with van der Waals surface area (Å²) in [5.41, 5.74) is 2.67. The first-order valence-corrected chi connectivity index (χ1v) is 6.41. The first-order chi connectivity index (χ1) is 8.49. The lowest BCUT2D eigenvalue weighted by molar-refractivity contribution is -0.141. The lowest BCUT2D eigenvalue weighted by Gasteiger charge is -2.21. The van der Waals surface area contributed by atoms with Gasteiger partial charge in [-0.3, -0.25) is 0 Å². The molecule has 0 aromatic rings. The third-order valence-corrected chi connectivity index (χ3v) is 3.81. The standard InChI is InChI=1S/C15H20O3/c1-9(2)12-6-4-10(3)13(16)7-5-11-8-14(12)18-15(11)17/h4,8,12-14,16H,1,5-7H2,2-3H3/b10-4-/t12-,13+,14-/m1/s1. The fraction of sp³-hybridized carbons (Fsp3) is 0.533. The van der Waals surface area contributed by atoms with E-state index >= 15 is 0 Å². The second-order valence-electron chi connectivity index (χ2n) is 5.25. The third kappa shape index (κ3) is 2.56. The summed E-state index contributed by atoms with van der Waals surface area (Å²) >= 11 is 0. The molecule has 1 aliphatic carbocycles. The zero-order valence-corrected chi connectivity index (χ0v) is 11.0. The van der Waals surface area contributed by atoms with E-state index in [1.165, 1.54) is 0 Å². The minimum absolute atomic E-state index is 0.103. The Hall–Kier alpha value is -1.35. The van der Waals surface area contributed by atoms with Crippen molar-refractivity contribution in [3.8, 4) is 0 Å². The summed E-state index contributed by atoms with van der Waals surface area (Å²) in [4.78, 5) is 11.7. The topological polar surface area (TPSA) is 46.5 Å². The van der Waals surface area contributed by atoms with Crippen LogP contribution in [-0.2, 0) is 9.53 Å². The number of esters is 1. The largest absolute Gasteiger partial charge is 0.454 e. The molecule has 0 aromatic heterocycles. The van der Waals surface area contributed by atoms with Crippen LogP contribution in [-0.4, -0.2) is 23.3 Å². The Morgan fingerprint density at radius 1 is 1.56 bits per heavy atom. The van der Waals surface area contributed by atoms with Gasteiger partial charge in [0, 0.05) is 11.5 Å². The fourth-order valence-electron chi connectivity index (χ4n) is 2.47. The van der Waals surface area contributed by atoms with E-state index in [1.54, 1.807) is 0 Å². The van der Waals surface area contributed by atoms with Gasteiger partial charge < -0.3 is 9.84 Å². The molecule has 3 atom stereocenters. The number of ether oxygens (including phenoxy) is 1. The van der Waals surface area contributed by atoms with Gasteiger partial charge in [-0.2, -0.15) is 0 Å². The predicted molar refractivity (Wildman–Crippen MR) is 69.9 cm³/mol. The van der Waals surface area contributed by atoms with Crippen LogP contribution in [0.3, 0.4) is 0 Å². The van der Waals surface area contributed by atoms with E-state index in [2.05, 4.69) is 6.58 Å². The summed E-state index contributed by atoms with van der Waals surface area (Å²) in [6.45, 7) is 7.86. The maximum absolute atomic E-state index is 11.7. The molecule has 2 rings (SSSR count). The van der Waals surface area contributed by atoms with Crippen LogP contribution >= 0.6 is 0 Å². The highest BCUT2D eigenvalue weighted by atomic mass is 16.5. The van der Waals surface area contributed by atoms with E-state index in [0.717, 1.165) is 17.6 Å². The molecule has 0 unspecified atom stereocenters. The maximum Gasteiger partial charge on any atom is 0.334 e. The summed E-state index contributed by atoms with van der Waals surface area (Å²) < 4.78 is 5.40. The third-order valence-electron chi connectivity index (χ3n) is 3.81. The average molecular weight is 248 g/mol. The second-order valence-corrected chi connectivity index (χ2v) is 5.25. The van der Waals surface area contributed by atoms with Crippen LogP contribution in [0.5, 0.6) is 0 Å². The number of hydrogen-bond acceptors (Lipinski definition) is 3. The Morgan fingerprint density at radius 2 is 2.28 bits per heavy atom. The first kappa shape index (κ1) is 13.1. The minimum Gasteiger partial charge on any atom is -0.454 e. The molecule has 0 saturated carbocycles. The number of rotatable bonds is 1. The highest BCUT2D eigenvalue weighted by molar-refractivity contribution is 5.91. The lowest BCUT2D eigenvalue weighted by Crippen LogP contribution is -2.21. The number of carbonyl (C=O) groups is 1. The molecule has 1 heterocycles. The van der Waals surface area contributed by atoms with E-state index in [1.807, 2.05) is 26.0 Å². The van der Waals surface area contributed by atoms with Crippen molar-refractivity contribution in [1.82, 2.24) is 0 Å². The van der Waals surface area contributed by atoms with Gasteiger partial charge in [-0.05, 0) is 44.8 Å². The molecule has 98 valence electrons. The quantitative estimate of drug-likeness (QED) is 0.573. The highest BCUT2D eigenvalue weighted by Crippen LogP contribution is 2.31. The van der Waals surface area contributed by atoms with E-state index in [4.69, 9.17) is 4.74 Å². The number of hydrogen-bond donors (Lipinski definition) is 1. The van der Waals surface area contributed by atoms with Crippen LogP contribution in [0, 0.1) is 5.92 Å². The lowest BCUT2D eigenvalue weighted by atomic mass is 9.88. The molecular formula is C15H20O3. The van der Waals surface area contributed by atoms with Gasteiger partial charge in [-0.1, -0.05) is 18.2 Å². The number of aliphatic hydroxyl groups excluding tert-OH is 1. The minimum atomic E-state index is -0.471. The molecule has 18 heavy (non-hydrogen) atoms. The molecule has 1 aliphatic heterocycles. The van der Waals surface area contributed by atoms with Gasteiger partial charge in [0.15, 0.2) is 0 Å². The van der Waals surface area contributed by atoms with Crippen LogP contribution < -0.4 is 0 Å². The van der Waals surface area contributed by atoms with Crippen LogP contribution in [0.15, 0.2) is 35.5 Å². The Balaban J connectivity index is 2.29. The molecule has 0 radical (unpaired) electrons. The normalized spacial score (nSPS) is 35.3. The molecule has 0 spiro atoms. The summed E-state index contributed by atoms with van der Waals surface area (Å²) in [7, 11) is 0. The molecule has 3 heteroatoms. The highest BCUT2D eigenvalue weighted by Gasteiger charge is 2.32. The van der Waals surface area contributed by atoms with Crippen molar-refractivity contribution >= 4 is 5.97 Å². The van der Waals surface area contributed by atoms with Crippen molar-refractivity contribution in [3.63, 3.8) is 0 Å². The first-order valence-electron chi connectivity index (χ1n) is 6.41. The molecule has 3 nitrogen and oxygen atoms in total. The van der Waals surface area contributed by atoms with Crippen LogP contribution in [0.25, 0.3) is 0 Å². The predicted octanol–water partition coefficient (Wildman–Crippen LogP) is 2.52. The molecule has 0 amide bonds. The number of fused-ring (bicyclic) bond motifs is 1. The number of carbonyl (C=O) groups excluding carboxylic acids is 1. The molecule has 0 saturated heterocycles. The van der Waals surface area contributed by atoms with Gasteiger partial charge in [0.05, 0.1) is 6.10 Å². The molecule has 1 N–H and O–H groups in total. The van der Waals surface area contributed by atoms with Gasteiger partial charge in [0.25, 0.3) is 0 Å². The van der Waals surface area contributed by atoms with Crippen molar-refractivity contribution < 1.29 is 14.6 Å². The average Bonchev–Trinajstić information content (AvgIpc) is 2.66. The van der Waals surface area contributed by atoms with Crippen LogP contribution in [0.2, 0.25) is 0 Å². The zero-order valence-electron chi connectivity index (χ0n) is 11.0. The molecule has 2 bridgehead atoms. The van der Waals surface area contributed by atoms with Gasteiger partial charge in [-0.25, -0.2) is 4.79 Å². The second kappa shape index (κ2) is 5.11. The summed E-state index contributed by atoms with van der Waals surface area (Å²) in [5.74, 6) is -0.135. The van der Waals surface area contributed by atoms with Gasteiger partial charge in [-0.15, -0.1) is 0 Å². The Labute approximate surface area is 108 Å². The summed E-state index contributed by atoms with van der Waals surface area (Å²) in [6.07, 6.45) is 5.18. The van der Waals surface area contributed by atoms with E-state index in [-0.39, 0.29) is 18.0 Å². The Kier molecular flexibility index (Phi) is 3.71. The van der Waals surface area contributed by atoms with Crippen LogP contribution in [0.4, 0.5) is 0 Å². The monoisotopic (exact) mass is 248 g/mol. The smallest absolute Gasteiger partial charge is 0.334 e. The van der Waals surface area contributed by atoms with Crippen molar-refractivity contribution in [2.45, 2.75) is 45.3 Å². The van der Waals surface area contributed by atoms with Gasteiger partial charge in [0.2, 0.25) is 0 Å². The van der Waals surface area contributed by atoms with E-state index in [9.17, 15) is 9.90 Å². The fourth-order valence-corrected chi connectivity index (χ4v) is 2.47. The SMILES string of the molecule is C=C(C)[C@H]1C/C=C(/C)[C@@H](O)CCC2=C[C@H]1OC2=O. The van der Waals surface area contributed by atoms with Gasteiger partial charge >= 0.3 is 5.97 Å². The molecule has 0 fully saturated rings. The van der Waals surface area contributed by atoms with E-state index < -0.39 is 6.10 Å². The van der Waals surface area contributed by atoms with Crippen molar-refractivity contribution in [3.05, 3.63) is 35.5 Å². The van der Waals surface area contributed by atoms with Crippen LogP contribution in [0.1, 0.15) is 33.1 Å². The summed E-state index contributed by atoms with van der Waals surface area (Å²) in [6, 6.07) is 0. The zero-order chi connectivity index (χ0) is 13.3. The van der Waals surface area contributed by atoms with Gasteiger partial charge in [0.1, 0.15) is 6.10 Å². The molecule has 0 aromatic carbocycles.